The van der Waals surface area contributed by atoms with Gasteiger partial charge in [0.1, 0.15) is 0 Å². The van der Waals surface area contributed by atoms with Gasteiger partial charge in [-0.3, -0.25) is 9.11 Å². The Balaban J connectivity index is -0.00000000364. The zero-order chi connectivity index (χ0) is 9.00. The van der Waals surface area contributed by atoms with Crippen molar-refractivity contribution in [1.29, 1.82) is 0 Å². The first-order chi connectivity index (χ1) is 4.00. The number of hydrogen-bond donors (Lipinski definition) is 6. The van der Waals surface area contributed by atoms with Crippen LogP contribution in [0.3, 0.4) is 0 Å². The van der Waals surface area contributed by atoms with Crippen LogP contribution in [-0.4, -0.2) is 155 Å². The topological polar surface area (TPSA) is 138 Å². The fourth-order valence-electron chi connectivity index (χ4n) is 0. The van der Waals surface area contributed by atoms with Gasteiger partial charge in [-0.2, -0.15) is 4.21 Å². The molecule has 0 unspecified atom stereocenters. The van der Waals surface area contributed by atoms with E-state index in [9.17, 15) is 0 Å². The molecule has 0 atom stereocenters. The summed E-state index contributed by atoms with van der Waals surface area (Å²) in [6, 6.07) is 0. The Morgan fingerprint density at radius 2 is 1.00 bits per heavy atom. The minimum atomic E-state index is -4.61. The molecule has 6 N–H and O–H groups in total. The standard InChI is InChI=1S/3Ca.Na.H4O4Si.H2O3S2.7H/c;;;;2*1-5(2,3)4;;;;;;;/h;;;;1-4H;(H2,1,2,3,4);;;;;;;/q3*+2;+1;;;7*-1. The Morgan fingerprint density at radius 3 is 1.00 bits per heavy atom. The molecule has 0 bridgehead atoms. The van der Waals surface area contributed by atoms with Crippen LogP contribution < -0.4 is 29.6 Å². The monoisotopic (exact) mass is 360 g/mol. The molecular weight excluding hydrogens is 347 g/mol. The average Bonchev–Trinajstić information content (AvgIpc) is 1.12. The molecule has 78 valence electrons. The van der Waals surface area contributed by atoms with E-state index in [1.807, 2.05) is 0 Å². The predicted octanol–water partition coefficient (Wildman–Crippen LogP) is -6.28. The Hall–Kier alpha value is 5.13. The van der Waals surface area contributed by atoms with Crippen molar-refractivity contribution in [2.75, 3.05) is 0 Å². The summed E-state index contributed by atoms with van der Waals surface area (Å²) in [6.07, 6.45) is 0. The van der Waals surface area contributed by atoms with E-state index in [0.29, 0.717) is 0 Å². The molecule has 0 saturated heterocycles. The van der Waals surface area contributed by atoms with Crippen molar-refractivity contribution in [1.82, 2.24) is 0 Å². The molecule has 7 nitrogen and oxygen atoms in total. The van der Waals surface area contributed by atoms with Gasteiger partial charge in [-0.1, -0.05) is 0 Å². The van der Waals surface area contributed by atoms with Crippen molar-refractivity contribution in [2.24, 2.45) is 0 Å². The van der Waals surface area contributed by atoms with Crippen LogP contribution in [0.4, 0.5) is 0 Å². The maximum atomic E-state index is 9.11. The Labute approximate surface area is 210 Å². The summed E-state index contributed by atoms with van der Waals surface area (Å²) in [4.78, 5) is 29.3. The SMILES string of the molecule is O=S(O)(O)=S.O[Si](O)(O)O.[Ca+2].[Ca+2].[Ca+2].[H-].[H-].[H-].[H-].[H-].[H-].[H-].[Na+]. The van der Waals surface area contributed by atoms with Gasteiger partial charge in [0.25, 0.3) is 9.05 Å². The van der Waals surface area contributed by atoms with Crippen molar-refractivity contribution in [3.8, 4) is 0 Å². The van der Waals surface area contributed by atoms with Crippen LogP contribution in [0.1, 0.15) is 9.99 Å². The normalized spacial score (nSPS) is 8.43. The molecule has 14 heavy (non-hydrogen) atoms. The van der Waals surface area contributed by atoms with Crippen LogP contribution in [-0.2, 0) is 20.2 Å². The van der Waals surface area contributed by atoms with Crippen LogP contribution in [0.25, 0.3) is 0 Å². The molecular formula is H13Ca3NaO7S2Si. The summed E-state index contributed by atoms with van der Waals surface area (Å²) in [5.41, 5.74) is 0. The van der Waals surface area contributed by atoms with E-state index in [4.69, 9.17) is 32.5 Å². The van der Waals surface area contributed by atoms with Gasteiger partial charge >= 0.3 is 152 Å². The molecule has 0 aromatic heterocycles. The Kier molecular flexibility index (Phi) is 47.2. The fourth-order valence-corrected chi connectivity index (χ4v) is 0. The number of hydrogen-bond acceptors (Lipinski definition) is 6. The van der Waals surface area contributed by atoms with Gasteiger partial charge < -0.3 is 29.2 Å². The molecule has 14 heteroatoms. The van der Waals surface area contributed by atoms with E-state index in [1.165, 1.54) is 0 Å². The first-order valence-electron chi connectivity index (χ1n) is 1.59. The van der Waals surface area contributed by atoms with Gasteiger partial charge in [0.05, 0.1) is 0 Å². The molecule has 0 saturated carbocycles. The average molecular weight is 361 g/mol. The minimum Gasteiger partial charge on any atom is -1.00 e. The van der Waals surface area contributed by atoms with Crippen molar-refractivity contribution >= 4 is 143 Å². The third-order valence-electron chi connectivity index (χ3n) is 0. The summed E-state index contributed by atoms with van der Waals surface area (Å²) in [6.45, 7) is 0. The largest absolute Gasteiger partial charge is 2.00 e. The molecule has 0 heterocycles. The summed E-state index contributed by atoms with van der Waals surface area (Å²) in [5.74, 6) is 0. The van der Waals surface area contributed by atoms with Gasteiger partial charge in [0, 0.05) is 11.2 Å². The van der Waals surface area contributed by atoms with E-state index in [2.05, 4.69) is 11.2 Å². The summed E-state index contributed by atoms with van der Waals surface area (Å²) in [7, 11) is -8.44. The molecule has 0 aliphatic heterocycles. The Morgan fingerprint density at radius 1 is 1.00 bits per heavy atom. The van der Waals surface area contributed by atoms with Gasteiger partial charge in [-0.15, -0.1) is 0 Å². The maximum absolute atomic E-state index is 9.11. The van der Waals surface area contributed by atoms with Crippen molar-refractivity contribution < 1.29 is 72.0 Å². The van der Waals surface area contributed by atoms with Crippen molar-refractivity contribution in [3.05, 3.63) is 0 Å². The van der Waals surface area contributed by atoms with Gasteiger partial charge in [-0.25, -0.2) is 0 Å². The van der Waals surface area contributed by atoms with Crippen LogP contribution in [0.15, 0.2) is 0 Å². The number of rotatable bonds is 0. The van der Waals surface area contributed by atoms with E-state index in [0.717, 1.165) is 0 Å². The molecule has 0 amide bonds. The molecule has 0 aromatic carbocycles. The van der Waals surface area contributed by atoms with E-state index in [-0.39, 0.29) is 153 Å². The quantitative estimate of drug-likeness (QED) is 0.235. The van der Waals surface area contributed by atoms with E-state index >= 15 is 0 Å². The first kappa shape index (κ1) is 36.5. The molecule has 0 aliphatic rings. The van der Waals surface area contributed by atoms with Crippen LogP contribution in [0.2, 0.25) is 0 Å². The third-order valence-corrected chi connectivity index (χ3v) is 0. The summed E-state index contributed by atoms with van der Waals surface area (Å²) < 4.78 is 24.0. The zero-order valence-corrected chi connectivity index (χ0v) is 18.8. The van der Waals surface area contributed by atoms with Gasteiger partial charge in [0.2, 0.25) is 0 Å². The predicted molar refractivity (Wildman–Crippen MR) is 60.4 cm³/mol. The minimum absolute atomic E-state index is 0. The smallest absolute Gasteiger partial charge is 1.00 e. The van der Waals surface area contributed by atoms with E-state index in [1.54, 1.807) is 0 Å². The van der Waals surface area contributed by atoms with Gasteiger partial charge in [-0.05, 0) is 0 Å². The third kappa shape index (κ3) is 169. The molecule has 0 radical (unpaired) electrons. The second kappa shape index (κ2) is 18.1. The maximum Gasteiger partial charge on any atom is 2.00 e. The first-order valence-corrected chi connectivity index (χ1v) is 5.78. The zero-order valence-electron chi connectivity index (χ0n) is 14.5. The summed E-state index contributed by atoms with van der Waals surface area (Å²) in [5, 5.41) is 0. The Bertz CT molecular complexity index is 181. The van der Waals surface area contributed by atoms with Gasteiger partial charge in [0.15, 0.2) is 0 Å². The summed E-state index contributed by atoms with van der Waals surface area (Å²) >= 11 is 3.47. The van der Waals surface area contributed by atoms with Crippen LogP contribution in [0.5, 0.6) is 0 Å². The van der Waals surface area contributed by atoms with Crippen LogP contribution >= 0.6 is 0 Å². The van der Waals surface area contributed by atoms with E-state index < -0.39 is 18.1 Å². The molecule has 0 spiro atoms. The second-order valence-electron chi connectivity index (χ2n) is 1.05. The molecule has 0 aliphatic carbocycles. The fraction of sp³-hybridized carbons (Fsp3) is 0. The molecule has 0 aromatic rings. The molecule has 0 fully saturated rings. The van der Waals surface area contributed by atoms with Crippen LogP contribution in [0, 0.1) is 0 Å². The molecule has 0 rings (SSSR count). The second-order valence-corrected chi connectivity index (χ2v) is 4.45. The van der Waals surface area contributed by atoms with Crippen molar-refractivity contribution in [2.45, 2.75) is 0 Å². The van der Waals surface area contributed by atoms with Crippen molar-refractivity contribution in [3.63, 3.8) is 0 Å².